The number of halogens is 1. The summed E-state index contributed by atoms with van der Waals surface area (Å²) < 4.78 is 0. The molecule has 0 unspecified atom stereocenters. The minimum Gasteiger partial charge on any atom is -0.345 e. The zero-order chi connectivity index (χ0) is 21.7. The van der Waals surface area contributed by atoms with E-state index in [1.165, 1.54) is 11.0 Å². The molecule has 0 bridgehead atoms. The van der Waals surface area contributed by atoms with E-state index in [-0.39, 0.29) is 17.0 Å². The molecule has 0 aliphatic heterocycles. The molecule has 0 saturated heterocycles. The number of nitrogens with one attached hydrogen (secondary N) is 2. The first-order valence-electron chi connectivity index (χ1n) is 9.03. The summed E-state index contributed by atoms with van der Waals surface area (Å²) in [6, 6.07) is 15.7. The van der Waals surface area contributed by atoms with E-state index in [4.69, 9.17) is 11.6 Å². The van der Waals surface area contributed by atoms with Gasteiger partial charge in [-0.05, 0) is 54.6 Å². The number of rotatable bonds is 6. The number of carbonyl (C=O) groups excluding carboxylic acids is 2. The fourth-order valence-corrected chi connectivity index (χ4v) is 2.79. The van der Waals surface area contributed by atoms with Gasteiger partial charge in [-0.2, -0.15) is 0 Å². The van der Waals surface area contributed by atoms with Gasteiger partial charge >= 0.3 is 0 Å². The summed E-state index contributed by atoms with van der Waals surface area (Å²) in [6.45, 7) is 3.42. The highest BCUT2D eigenvalue weighted by atomic mass is 35.5. The van der Waals surface area contributed by atoms with Crippen LogP contribution in [0.15, 0.2) is 67.3 Å². The summed E-state index contributed by atoms with van der Waals surface area (Å²) in [5, 5.41) is 6.13. The lowest BCUT2D eigenvalue weighted by molar-refractivity contribution is -0.111. The van der Waals surface area contributed by atoms with Crippen LogP contribution >= 0.6 is 11.6 Å². The molecule has 3 aromatic rings. The van der Waals surface area contributed by atoms with Gasteiger partial charge in [-0.1, -0.05) is 18.2 Å². The van der Waals surface area contributed by atoms with E-state index >= 15 is 0 Å². The third-order valence-electron chi connectivity index (χ3n) is 4.10. The van der Waals surface area contributed by atoms with Crippen LogP contribution in [0, 0.1) is 0 Å². The Morgan fingerprint density at radius 3 is 2.23 bits per heavy atom. The van der Waals surface area contributed by atoms with Crippen molar-refractivity contribution in [2.24, 2.45) is 0 Å². The molecule has 1 aromatic heterocycles. The lowest BCUT2D eigenvalue weighted by Gasteiger charge is -2.12. The van der Waals surface area contributed by atoms with Gasteiger partial charge in [-0.3, -0.25) is 9.59 Å². The lowest BCUT2D eigenvalue weighted by Crippen LogP contribution is -2.21. The van der Waals surface area contributed by atoms with Crippen LogP contribution in [-0.2, 0) is 4.79 Å². The van der Waals surface area contributed by atoms with Crippen molar-refractivity contribution in [3.8, 4) is 11.4 Å². The van der Waals surface area contributed by atoms with Gasteiger partial charge in [0.25, 0.3) is 5.91 Å². The van der Waals surface area contributed by atoms with Crippen LogP contribution in [0.1, 0.15) is 10.4 Å². The Kier molecular flexibility index (Phi) is 6.44. The van der Waals surface area contributed by atoms with Gasteiger partial charge in [0.15, 0.2) is 5.82 Å². The Bertz CT molecular complexity index is 1080. The van der Waals surface area contributed by atoms with Crippen molar-refractivity contribution < 1.29 is 9.59 Å². The van der Waals surface area contributed by atoms with E-state index in [1.54, 1.807) is 68.7 Å². The van der Waals surface area contributed by atoms with Crippen molar-refractivity contribution >= 4 is 40.6 Å². The normalized spacial score (nSPS) is 10.2. The first kappa shape index (κ1) is 21.0. The second kappa shape index (κ2) is 9.19. The van der Waals surface area contributed by atoms with Crippen LogP contribution in [0.3, 0.4) is 0 Å². The maximum atomic E-state index is 12.0. The van der Waals surface area contributed by atoms with Gasteiger partial charge in [-0.15, -0.1) is 0 Å². The summed E-state index contributed by atoms with van der Waals surface area (Å²) in [6.07, 6.45) is 1.20. The van der Waals surface area contributed by atoms with Crippen LogP contribution in [0.4, 0.5) is 17.2 Å². The van der Waals surface area contributed by atoms with Crippen molar-refractivity contribution in [3.63, 3.8) is 0 Å². The number of carbonyl (C=O) groups is 2. The molecule has 0 aliphatic carbocycles. The fourth-order valence-electron chi connectivity index (χ4n) is 2.61. The molecule has 1 heterocycles. The molecular formula is C22H20ClN5O2. The van der Waals surface area contributed by atoms with Gasteiger partial charge in [0.05, 0.1) is 0 Å². The first-order chi connectivity index (χ1) is 14.4. The minimum absolute atomic E-state index is 0.0679. The molecule has 2 aromatic carbocycles. The number of aromatic nitrogens is 2. The topological polar surface area (TPSA) is 87.2 Å². The van der Waals surface area contributed by atoms with E-state index in [9.17, 15) is 9.59 Å². The van der Waals surface area contributed by atoms with E-state index in [1.807, 2.05) is 0 Å². The van der Waals surface area contributed by atoms with Gasteiger partial charge in [0.1, 0.15) is 11.0 Å². The molecule has 8 heteroatoms. The van der Waals surface area contributed by atoms with Crippen LogP contribution in [0.5, 0.6) is 0 Å². The smallest absolute Gasteiger partial charge is 0.253 e. The van der Waals surface area contributed by atoms with E-state index < -0.39 is 0 Å². The second-order valence-electron chi connectivity index (χ2n) is 6.57. The largest absolute Gasteiger partial charge is 0.345 e. The maximum Gasteiger partial charge on any atom is 0.253 e. The highest BCUT2D eigenvalue weighted by molar-refractivity contribution is 6.29. The SMILES string of the molecule is C=CC(=O)Nc1ccc(-c2nc(Cl)cc(Nc3ccc(C(=O)N(C)C)cc3)n2)cc1. The molecule has 2 amide bonds. The molecule has 0 spiro atoms. The highest BCUT2D eigenvalue weighted by Gasteiger charge is 2.09. The monoisotopic (exact) mass is 421 g/mol. The van der Waals surface area contributed by atoms with Crippen LogP contribution in [0.2, 0.25) is 5.15 Å². The Morgan fingerprint density at radius 2 is 1.63 bits per heavy atom. The zero-order valence-corrected chi connectivity index (χ0v) is 17.3. The third kappa shape index (κ3) is 5.21. The molecule has 2 N–H and O–H groups in total. The van der Waals surface area contributed by atoms with Crippen molar-refractivity contribution in [2.75, 3.05) is 24.7 Å². The molecule has 152 valence electrons. The number of amides is 2. The number of benzene rings is 2. The Balaban J connectivity index is 1.79. The number of nitrogens with zero attached hydrogens (tertiary/aromatic N) is 3. The van der Waals surface area contributed by atoms with Crippen LogP contribution in [-0.4, -0.2) is 40.8 Å². The zero-order valence-electron chi connectivity index (χ0n) is 16.5. The lowest BCUT2D eigenvalue weighted by atomic mass is 10.2. The van der Waals surface area contributed by atoms with Gasteiger partial charge in [-0.25, -0.2) is 9.97 Å². The van der Waals surface area contributed by atoms with Crippen molar-refractivity contribution in [1.82, 2.24) is 14.9 Å². The highest BCUT2D eigenvalue weighted by Crippen LogP contribution is 2.24. The summed E-state index contributed by atoms with van der Waals surface area (Å²) in [4.78, 5) is 33.7. The Hall–Kier alpha value is -3.71. The Labute approximate surface area is 179 Å². The number of anilines is 3. The molecule has 7 nitrogen and oxygen atoms in total. The first-order valence-corrected chi connectivity index (χ1v) is 9.40. The van der Waals surface area contributed by atoms with E-state index in [2.05, 4.69) is 27.2 Å². The second-order valence-corrected chi connectivity index (χ2v) is 6.96. The molecule has 0 saturated carbocycles. The minimum atomic E-state index is -0.286. The average molecular weight is 422 g/mol. The quantitative estimate of drug-likeness (QED) is 0.456. The number of hydrogen-bond acceptors (Lipinski definition) is 5. The molecular weight excluding hydrogens is 402 g/mol. The average Bonchev–Trinajstić information content (AvgIpc) is 2.73. The summed E-state index contributed by atoms with van der Waals surface area (Å²) >= 11 is 6.18. The van der Waals surface area contributed by atoms with E-state index in [0.29, 0.717) is 22.9 Å². The fraction of sp³-hybridized carbons (Fsp3) is 0.0909. The molecule has 0 fully saturated rings. The van der Waals surface area contributed by atoms with Crippen molar-refractivity contribution in [3.05, 3.63) is 78.0 Å². The standard InChI is InChI=1S/C22H20ClN5O2/c1-4-20(29)25-17-9-5-14(6-10-17)21-26-18(23)13-19(27-21)24-16-11-7-15(8-12-16)22(30)28(2)3/h4-13H,1H2,2-3H3,(H,25,29)(H,24,26,27). The third-order valence-corrected chi connectivity index (χ3v) is 4.29. The number of hydrogen-bond donors (Lipinski definition) is 2. The van der Waals surface area contributed by atoms with Gasteiger partial charge in [0, 0.05) is 42.7 Å². The summed E-state index contributed by atoms with van der Waals surface area (Å²) in [7, 11) is 3.41. The molecule has 0 aliphatic rings. The maximum absolute atomic E-state index is 12.0. The van der Waals surface area contributed by atoms with Crippen molar-refractivity contribution in [2.45, 2.75) is 0 Å². The molecule has 0 atom stereocenters. The molecule has 0 radical (unpaired) electrons. The summed E-state index contributed by atoms with van der Waals surface area (Å²) in [5.41, 5.74) is 2.73. The predicted octanol–water partition coefficient (Wildman–Crippen LogP) is 4.37. The molecule has 30 heavy (non-hydrogen) atoms. The van der Waals surface area contributed by atoms with Gasteiger partial charge < -0.3 is 15.5 Å². The van der Waals surface area contributed by atoms with E-state index in [0.717, 1.165) is 11.3 Å². The van der Waals surface area contributed by atoms with Crippen LogP contribution < -0.4 is 10.6 Å². The molecule has 3 rings (SSSR count). The summed E-state index contributed by atoms with van der Waals surface area (Å²) in [5.74, 6) is 0.597. The van der Waals surface area contributed by atoms with Crippen molar-refractivity contribution in [1.29, 1.82) is 0 Å². The van der Waals surface area contributed by atoms with Gasteiger partial charge in [0.2, 0.25) is 5.91 Å². The Morgan fingerprint density at radius 1 is 1.00 bits per heavy atom. The predicted molar refractivity (Wildman–Crippen MR) is 119 cm³/mol. The van der Waals surface area contributed by atoms with Crippen LogP contribution in [0.25, 0.3) is 11.4 Å².